The van der Waals surface area contributed by atoms with E-state index in [-0.39, 0.29) is 60.3 Å². The molecule has 2 aliphatic heterocycles. The van der Waals surface area contributed by atoms with E-state index < -0.39 is 34.1 Å². The predicted molar refractivity (Wildman–Crippen MR) is 216 cm³/mol. The number of carboxylic acid groups (broad SMARTS) is 1. The van der Waals surface area contributed by atoms with Crippen molar-refractivity contribution < 1.29 is 46.4 Å². The number of methoxy groups -OCH3 is 1. The fourth-order valence-corrected chi connectivity index (χ4v) is 8.63. The molecule has 2 N–H and O–H groups in total. The third-order valence-electron chi connectivity index (χ3n) is 11.0. The number of aromatic nitrogens is 1. The summed E-state index contributed by atoms with van der Waals surface area (Å²) in [6.45, 7) is 8.99. The molecule has 0 saturated carbocycles. The van der Waals surface area contributed by atoms with Crippen molar-refractivity contribution in [2.45, 2.75) is 89.6 Å². The van der Waals surface area contributed by atoms with Crippen LogP contribution in [0.4, 0.5) is 4.79 Å². The van der Waals surface area contributed by atoms with Crippen LogP contribution < -0.4 is 10.1 Å². The van der Waals surface area contributed by atoms with E-state index in [4.69, 9.17) is 13.7 Å². The third kappa shape index (κ3) is 11.8. The Morgan fingerprint density at radius 3 is 2.45 bits per heavy atom. The number of carbonyl (C=O) groups excluding carboxylic acids is 3. The number of amides is 3. The van der Waals surface area contributed by atoms with Crippen LogP contribution in [0, 0.1) is 24.2 Å². The lowest BCUT2D eigenvalue weighted by atomic mass is 9.76. The number of carbonyl (C=O) groups is 4. The maximum Gasteiger partial charge on any atom is 0.407 e. The Morgan fingerprint density at radius 1 is 1.00 bits per heavy atom. The van der Waals surface area contributed by atoms with E-state index in [0.29, 0.717) is 74.1 Å². The van der Waals surface area contributed by atoms with Crippen molar-refractivity contribution in [3.05, 3.63) is 78.1 Å². The zero-order chi connectivity index (χ0) is 42.0. The van der Waals surface area contributed by atoms with Crippen LogP contribution in [0.2, 0.25) is 0 Å². The number of hydrogen-bond acceptors (Lipinski definition) is 10. The first-order valence-electron chi connectivity index (χ1n) is 19.8. The minimum Gasteiger partial charge on any atom is -0.490 e. The Kier molecular flexibility index (Phi) is 14.9. The molecule has 1 aromatic heterocycles. The summed E-state index contributed by atoms with van der Waals surface area (Å²) in [6, 6.07) is 14.4. The molecular formula is C43H56N4O10S. The number of rotatable bonds is 15. The van der Waals surface area contributed by atoms with E-state index in [1.165, 1.54) is 24.1 Å². The number of esters is 1. The lowest BCUT2D eigenvalue weighted by molar-refractivity contribution is -0.141. The average Bonchev–Trinajstić information content (AvgIpc) is 3.21. The summed E-state index contributed by atoms with van der Waals surface area (Å²) in [6.07, 6.45) is 5.80. The molecule has 4 atom stereocenters. The second-order valence-corrected chi connectivity index (χ2v) is 17.9. The number of nitrogens with one attached hydrogen (secondary N) is 1. The van der Waals surface area contributed by atoms with Crippen molar-refractivity contribution in [1.82, 2.24) is 20.1 Å². The molecule has 3 unspecified atom stereocenters. The number of para-hydroxylation sites is 1. The van der Waals surface area contributed by atoms with E-state index in [2.05, 4.69) is 10.3 Å². The first-order chi connectivity index (χ1) is 27.5. The summed E-state index contributed by atoms with van der Waals surface area (Å²) >= 11 is 0. The Labute approximate surface area is 341 Å². The summed E-state index contributed by atoms with van der Waals surface area (Å²) in [5, 5.41) is 12.8. The fourth-order valence-electron chi connectivity index (χ4n) is 7.74. The third-order valence-corrected chi connectivity index (χ3v) is 12.4. The van der Waals surface area contributed by atoms with Crippen molar-refractivity contribution in [3.63, 3.8) is 0 Å². The molecule has 0 bridgehead atoms. The second kappa shape index (κ2) is 19.6. The lowest BCUT2D eigenvalue weighted by Gasteiger charge is -2.44. The summed E-state index contributed by atoms with van der Waals surface area (Å²) in [7, 11) is -2.68. The Bertz CT molecular complexity index is 2020. The number of pyridine rings is 1. The van der Waals surface area contributed by atoms with Crippen LogP contribution in [0.15, 0.2) is 71.9 Å². The Balaban J connectivity index is 1.21. The monoisotopic (exact) mass is 820 g/mol. The minimum atomic E-state index is -3.96. The van der Waals surface area contributed by atoms with Crippen LogP contribution in [0.3, 0.4) is 0 Å². The summed E-state index contributed by atoms with van der Waals surface area (Å²) in [5.74, 6) is -0.619. The van der Waals surface area contributed by atoms with Gasteiger partial charge in [0.1, 0.15) is 19.0 Å². The van der Waals surface area contributed by atoms with Gasteiger partial charge in [0.15, 0.2) is 0 Å². The molecule has 3 aromatic rings. The molecule has 58 heavy (non-hydrogen) atoms. The van der Waals surface area contributed by atoms with Gasteiger partial charge in [0.2, 0.25) is 11.8 Å². The summed E-state index contributed by atoms with van der Waals surface area (Å²) < 4.78 is 41.4. The first-order valence-corrected chi connectivity index (χ1v) is 21.2. The Morgan fingerprint density at radius 2 is 1.74 bits per heavy atom. The topological polar surface area (TPSA) is 182 Å². The second-order valence-electron chi connectivity index (χ2n) is 16.2. The molecule has 5 rings (SSSR count). The summed E-state index contributed by atoms with van der Waals surface area (Å²) in [5.41, 5.74) is 2.57. The van der Waals surface area contributed by atoms with Crippen LogP contribution in [-0.2, 0) is 33.4 Å². The minimum absolute atomic E-state index is 0.0196. The van der Waals surface area contributed by atoms with E-state index >= 15 is 0 Å². The Hall–Kier alpha value is -5.02. The zero-order valence-electron chi connectivity index (χ0n) is 34.0. The van der Waals surface area contributed by atoms with Gasteiger partial charge in [-0.2, -0.15) is 8.42 Å². The maximum absolute atomic E-state index is 13.8. The molecule has 314 valence electrons. The highest BCUT2D eigenvalue weighted by atomic mass is 32.2. The van der Waals surface area contributed by atoms with Gasteiger partial charge < -0.3 is 29.7 Å². The van der Waals surface area contributed by atoms with Gasteiger partial charge in [-0.1, -0.05) is 56.7 Å². The molecule has 0 radical (unpaired) electrons. The molecule has 3 amide bonds. The van der Waals surface area contributed by atoms with Gasteiger partial charge in [-0.05, 0) is 80.2 Å². The van der Waals surface area contributed by atoms with Crippen molar-refractivity contribution >= 4 is 34.0 Å². The largest absolute Gasteiger partial charge is 0.490 e. The van der Waals surface area contributed by atoms with Gasteiger partial charge in [0.05, 0.1) is 30.4 Å². The van der Waals surface area contributed by atoms with Crippen LogP contribution >= 0.6 is 0 Å². The van der Waals surface area contributed by atoms with Crippen molar-refractivity contribution in [3.8, 4) is 16.9 Å². The van der Waals surface area contributed by atoms with E-state index in [9.17, 15) is 32.7 Å². The van der Waals surface area contributed by atoms with Gasteiger partial charge in [0.25, 0.3) is 10.1 Å². The highest BCUT2D eigenvalue weighted by Gasteiger charge is 2.39. The highest BCUT2D eigenvalue weighted by molar-refractivity contribution is 7.86. The van der Waals surface area contributed by atoms with Crippen molar-refractivity contribution in [1.29, 1.82) is 0 Å². The summed E-state index contributed by atoms with van der Waals surface area (Å²) in [4.78, 5) is 59.5. The number of piperidine rings is 2. The molecule has 2 saturated heterocycles. The zero-order valence-corrected chi connectivity index (χ0v) is 34.8. The smallest absolute Gasteiger partial charge is 0.407 e. The molecule has 15 heteroatoms. The van der Waals surface area contributed by atoms with Gasteiger partial charge in [0, 0.05) is 55.6 Å². The fraction of sp³-hybridized carbons (Fsp3) is 0.512. The number of aryl methyl sites for hydroxylation is 1. The van der Waals surface area contributed by atoms with Crippen LogP contribution in [0.5, 0.6) is 5.75 Å². The molecule has 0 aliphatic carbocycles. The molecule has 2 aromatic carbocycles. The quantitative estimate of drug-likeness (QED) is 0.0986. The van der Waals surface area contributed by atoms with E-state index in [1.54, 1.807) is 41.6 Å². The first kappa shape index (κ1) is 44.1. The molecule has 14 nitrogen and oxygen atoms in total. The number of ether oxygens (including phenoxy) is 2. The SMILES string of the molecule is COC(=O)CC(NC(=O)[C@@H]1CCCN(C(=O)CCC2CCN(C(=O)O)C(C(C)(C)C)C2)C1)c1cncc(-c2ccccc2OCCOS(=O)(=O)c2ccc(C)cc2)c1. The lowest BCUT2D eigenvalue weighted by Crippen LogP contribution is -2.51. The number of benzene rings is 2. The molecule has 0 spiro atoms. The van der Waals surface area contributed by atoms with Gasteiger partial charge in [-0.25, -0.2) is 4.79 Å². The van der Waals surface area contributed by atoms with Crippen molar-refractivity contribution in [2.75, 3.05) is 40.0 Å². The predicted octanol–water partition coefficient (Wildman–Crippen LogP) is 6.39. The molecule has 2 fully saturated rings. The van der Waals surface area contributed by atoms with E-state index in [0.717, 1.165) is 5.56 Å². The van der Waals surface area contributed by atoms with Gasteiger partial charge >= 0.3 is 12.1 Å². The average molecular weight is 821 g/mol. The number of likely N-dealkylation sites (tertiary alicyclic amines) is 2. The molecule has 3 heterocycles. The standard InChI is InChI=1S/C43H56N4O10S/c1-29-12-15-34(16-13-29)58(53,54)57-22-21-56-37-11-7-6-10-35(37)32-24-33(27-44-26-32)36(25-40(49)55-5)45-41(50)31-9-8-19-46(28-31)39(48)17-14-30-18-20-47(42(51)52)38(23-30)43(2,3)4/h6-7,10-13,15-16,24,26-27,30-31,36,38H,8-9,14,17-23,25,28H2,1-5H3,(H,45,50)(H,51,52)/t30?,31-,36?,38?/m1/s1. The highest BCUT2D eigenvalue weighted by Crippen LogP contribution is 2.37. The maximum atomic E-state index is 13.8. The van der Waals surface area contributed by atoms with Crippen molar-refractivity contribution in [2.24, 2.45) is 17.3 Å². The van der Waals surface area contributed by atoms with Gasteiger partial charge in [-0.15, -0.1) is 0 Å². The normalized spacial score (nSPS) is 19.2. The van der Waals surface area contributed by atoms with Crippen LogP contribution in [-0.4, -0.2) is 98.2 Å². The van der Waals surface area contributed by atoms with E-state index in [1.807, 2.05) is 45.9 Å². The van der Waals surface area contributed by atoms with Crippen LogP contribution in [0.1, 0.15) is 82.9 Å². The van der Waals surface area contributed by atoms with Gasteiger partial charge in [-0.3, -0.25) is 23.6 Å². The molecule has 2 aliphatic rings. The number of hydrogen-bond donors (Lipinski definition) is 2. The van der Waals surface area contributed by atoms with Crippen LogP contribution in [0.25, 0.3) is 11.1 Å². The molecular weight excluding hydrogens is 765 g/mol. The number of nitrogens with zero attached hydrogens (tertiary/aromatic N) is 3.